The van der Waals surface area contributed by atoms with E-state index in [-0.39, 0.29) is 20.1 Å². The van der Waals surface area contributed by atoms with Gasteiger partial charge in [-0.25, -0.2) is 0 Å². The number of thiophene rings is 1. The van der Waals surface area contributed by atoms with E-state index < -0.39 is 8.07 Å². The van der Waals surface area contributed by atoms with Crippen LogP contribution in [0.15, 0.2) is 97.3 Å². The van der Waals surface area contributed by atoms with Crippen molar-refractivity contribution in [3.63, 3.8) is 0 Å². The van der Waals surface area contributed by atoms with Gasteiger partial charge >= 0.3 is 0 Å². The Balaban J connectivity index is 0.000000169. The molecule has 0 unspecified atom stereocenters. The Hall–Kier alpha value is -2.95. The van der Waals surface area contributed by atoms with Crippen molar-refractivity contribution in [1.82, 2.24) is 9.97 Å². The average Bonchev–Trinajstić information content (AvgIpc) is 3.41. The second kappa shape index (κ2) is 13.6. The normalized spacial score (nSPS) is 13.8. The summed E-state index contributed by atoms with van der Waals surface area (Å²) in [6.45, 7) is 7.25. The molecule has 0 aliphatic heterocycles. The first kappa shape index (κ1) is 30.5. The van der Waals surface area contributed by atoms with Gasteiger partial charge in [-0.05, 0) is 57.9 Å². The van der Waals surface area contributed by atoms with Crippen LogP contribution in [-0.2, 0) is 20.1 Å². The second-order valence-electron chi connectivity index (χ2n) is 11.9. The zero-order chi connectivity index (χ0) is 28.2. The summed E-state index contributed by atoms with van der Waals surface area (Å²) in [5.41, 5.74) is 5.63. The Labute approximate surface area is 268 Å². The van der Waals surface area contributed by atoms with E-state index in [4.69, 9.17) is 0 Å². The average molecular weight is 761 g/mol. The SMILES string of the molecule is C[Si](C)(C)c1cccc2sc3c(-c4ccccn4)[c-]ccc3c12.[Ir].[c-]1ccccc1-c1ccc(C2CCCCC2)cn1. The van der Waals surface area contributed by atoms with Gasteiger partial charge in [0.15, 0.2) is 0 Å². The summed E-state index contributed by atoms with van der Waals surface area (Å²) in [6.07, 6.45) is 10.7. The topological polar surface area (TPSA) is 25.8 Å². The zero-order valence-corrected chi connectivity index (χ0v) is 28.7. The van der Waals surface area contributed by atoms with Crippen LogP contribution in [0.4, 0.5) is 0 Å². The minimum atomic E-state index is -1.39. The maximum Gasteiger partial charge on any atom is 0.0783 e. The molecule has 42 heavy (non-hydrogen) atoms. The Kier molecular flexibility index (Phi) is 9.85. The van der Waals surface area contributed by atoms with Crippen molar-refractivity contribution >= 4 is 44.8 Å². The van der Waals surface area contributed by atoms with E-state index in [1.165, 1.54) is 57.8 Å². The van der Waals surface area contributed by atoms with Gasteiger partial charge in [0, 0.05) is 37.2 Å². The first-order chi connectivity index (χ1) is 20.0. The number of rotatable bonds is 4. The number of aromatic nitrogens is 2. The molecule has 0 N–H and O–H groups in total. The molecule has 3 aromatic heterocycles. The molecule has 1 radical (unpaired) electrons. The molecule has 0 bridgehead atoms. The van der Waals surface area contributed by atoms with E-state index >= 15 is 0 Å². The van der Waals surface area contributed by atoms with Gasteiger partial charge in [-0.1, -0.05) is 85.9 Å². The van der Waals surface area contributed by atoms with Gasteiger partial charge in [0.2, 0.25) is 0 Å². The number of hydrogen-bond acceptors (Lipinski definition) is 3. The molecule has 0 spiro atoms. The summed E-state index contributed by atoms with van der Waals surface area (Å²) in [5.74, 6) is 0.736. The standard InChI is InChI=1S/C20H18NSSi.C17H18N.Ir/c1-23(2,3)18-12-7-11-17-19(18)15-9-6-8-14(20(15)22-17)16-10-4-5-13-21-16;1-3-7-14(8-4-1)16-11-12-17(18-13-16)15-9-5-2-6-10-15;/h4-7,9-13H,1-3H3;2,5-6,9,11-14H,1,3-4,7-8H2;/q2*-1;. The minimum Gasteiger partial charge on any atom is -0.305 e. The van der Waals surface area contributed by atoms with E-state index in [9.17, 15) is 0 Å². The Morgan fingerprint density at radius 3 is 2.29 bits per heavy atom. The van der Waals surface area contributed by atoms with Gasteiger partial charge in [-0.3, -0.25) is 0 Å². The monoisotopic (exact) mass is 761 g/mol. The summed E-state index contributed by atoms with van der Waals surface area (Å²) in [7, 11) is -1.39. The van der Waals surface area contributed by atoms with Crippen molar-refractivity contribution in [3.05, 3.63) is 115 Å². The Morgan fingerprint density at radius 2 is 1.60 bits per heavy atom. The fourth-order valence-electron chi connectivity index (χ4n) is 5.91. The van der Waals surface area contributed by atoms with Crippen molar-refractivity contribution in [3.8, 4) is 22.5 Å². The van der Waals surface area contributed by atoms with Gasteiger partial charge < -0.3 is 9.97 Å². The Morgan fingerprint density at radius 1 is 0.762 bits per heavy atom. The number of benzene rings is 3. The number of nitrogens with zero attached hydrogens (tertiary/aromatic N) is 2. The van der Waals surface area contributed by atoms with Gasteiger partial charge in [0.1, 0.15) is 0 Å². The van der Waals surface area contributed by atoms with E-state index in [1.54, 1.807) is 5.19 Å². The van der Waals surface area contributed by atoms with Gasteiger partial charge in [0.05, 0.1) is 8.07 Å². The van der Waals surface area contributed by atoms with Crippen LogP contribution in [0.1, 0.15) is 43.6 Å². The first-order valence-corrected chi connectivity index (χ1v) is 19.0. The molecular weight excluding hydrogens is 725 g/mol. The predicted octanol–water partition coefficient (Wildman–Crippen LogP) is 10.1. The zero-order valence-electron chi connectivity index (χ0n) is 24.5. The molecule has 2 nitrogen and oxygen atoms in total. The molecule has 215 valence electrons. The molecule has 3 heterocycles. The van der Waals surface area contributed by atoms with Crippen LogP contribution in [0.25, 0.3) is 42.7 Å². The van der Waals surface area contributed by atoms with Crippen LogP contribution >= 0.6 is 11.3 Å². The largest absolute Gasteiger partial charge is 0.305 e. The maximum absolute atomic E-state index is 4.59. The van der Waals surface area contributed by atoms with Crippen molar-refractivity contribution < 1.29 is 20.1 Å². The molecule has 5 heteroatoms. The molecule has 0 atom stereocenters. The summed E-state index contributed by atoms with van der Waals surface area (Å²) in [4.78, 5) is 9.12. The van der Waals surface area contributed by atoms with Crippen LogP contribution in [-0.4, -0.2) is 18.0 Å². The van der Waals surface area contributed by atoms with Gasteiger partial charge in [-0.15, -0.1) is 59.7 Å². The Bertz CT molecular complexity index is 1740. The van der Waals surface area contributed by atoms with Crippen LogP contribution in [0.2, 0.25) is 19.6 Å². The predicted molar refractivity (Wildman–Crippen MR) is 179 cm³/mol. The van der Waals surface area contributed by atoms with Crippen molar-refractivity contribution in [1.29, 1.82) is 0 Å². The third-order valence-electron chi connectivity index (χ3n) is 8.03. The molecule has 6 aromatic rings. The van der Waals surface area contributed by atoms with Gasteiger partial charge in [0.25, 0.3) is 0 Å². The van der Waals surface area contributed by atoms with Crippen LogP contribution in [0.5, 0.6) is 0 Å². The van der Waals surface area contributed by atoms with E-state index in [1.807, 2.05) is 53.9 Å². The van der Waals surface area contributed by atoms with Gasteiger partial charge in [-0.2, -0.15) is 11.3 Å². The second-order valence-corrected chi connectivity index (χ2v) is 18.0. The number of pyridine rings is 2. The summed E-state index contributed by atoms with van der Waals surface area (Å²) >= 11 is 1.86. The fraction of sp³-hybridized carbons (Fsp3) is 0.243. The summed E-state index contributed by atoms with van der Waals surface area (Å²) in [6, 6.07) is 36.1. The first-order valence-electron chi connectivity index (χ1n) is 14.7. The van der Waals surface area contributed by atoms with Crippen molar-refractivity contribution in [2.24, 2.45) is 0 Å². The van der Waals surface area contributed by atoms with Crippen LogP contribution in [0.3, 0.4) is 0 Å². The summed E-state index contributed by atoms with van der Waals surface area (Å²) < 4.78 is 2.67. The number of hydrogen-bond donors (Lipinski definition) is 0. The molecule has 1 aliphatic carbocycles. The molecule has 0 amide bonds. The molecule has 1 fully saturated rings. The molecular formula is C37H36IrN2SSi-2. The molecule has 0 saturated heterocycles. The van der Waals surface area contributed by atoms with E-state index in [0.29, 0.717) is 0 Å². The van der Waals surface area contributed by atoms with Crippen LogP contribution < -0.4 is 5.19 Å². The molecule has 7 rings (SSSR count). The molecule has 1 aliphatic rings. The molecule has 1 saturated carbocycles. The third kappa shape index (κ3) is 6.66. The van der Waals surface area contributed by atoms with Crippen molar-refractivity contribution in [2.75, 3.05) is 0 Å². The fourth-order valence-corrected chi connectivity index (χ4v) is 8.85. The van der Waals surface area contributed by atoms with Crippen LogP contribution in [0, 0.1) is 12.1 Å². The third-order valence-corrected chi connectivity index (χ3v) is 11.3. The number of fused-ring (bicyclic) bond motifs is 3. The molecule has 3 aromatic carbocycles. The summed E-state index contributed by atoms with van der Waals surface area (Å²) in [5, 5.41) is 4.33. The van der Waals surface area contributed by atoms with Crippen molar-refractivity contribution in [2.45, 2.75) is 57.7 Å². The van der Waals surface area contributed by atoms with E-state index in [2.05, 4.69) is 96.5 Å². The maximum atomic E-state index is 4.59. The van der Waals surface area contributed by atoms with E-state index in [0.717, 1.165) is 28.4 Å². The quantitative estimate of drug-likeness (QED) is 0.132. The minimum absolute atomic E-state index is 0. The smallest absolute Gasteiger partial charge is 0.0783 e.